The van der Waals surface area contributed by atoms with Crippen LogP contribution >= 0.6 is 0 Å². The molecule has 156 valence electrons. The van der Waals surface area contributed by atoms with Gasteiger partial charge in [-0.25, -0.2) is 9.97 Å². The largest absolute Gasteiger partial charge is 0.352 e. The van der Waals surface area contributed by atoms with Crippen LogP contribution in [0.3, 0.4) is 0 Å². The zero-order chi connectivity index (χ0) is 21.8. The minimum atomic E-state index is -0.169. The van der Waals surface area contributed by atoms with Crippen molar-refractivity contribution < 1.29 is 4.79 Å². The van der Waals surface area contributed by atoms with Crippen LogP contribution < -0.4 is 21.5 Å². The summed E-state index contributed by atoms with van der Waals surface area (Å²) < 4.78 is 1.50. The molecule has 4 rings (SSSR count). The van der Waals surface area contributed by atoms with Crippen LogP contribution in [0.25, 0.3) is 10.8 Å². The normalized spacial score (nSPS) is 10.6. The Hall–Kier alpha value is -4.27. The van der Waals surface area contributed by atoms with Gasteiger partial charge in [0.1, 0.15) is 17.5 Å². The number of hydrogen-bond acceptors (Lipinski definition) is 7. The fraction of sp³-hybridized carbons (Fsp3) is 0.136. The highest BCUT2D eigenvalue weighted by Gasteiger charge is 2.12. The molecule has 0 fully saturated rings. The number of amides is 1. The number of pyridine rings is 2. The molecule has 3 aromatic heterocycles. The first kappa shape index (κ1) is 20.0. The Morgan fingerprint density at radius 2 is 1.87 bits per heavy atom. The average molecular weight is 415 g/mol. The summed E-state index contributed by atoms with van der Waals surface area (Å²) in [6.07, 6.45) is 6.46. The number of hydrogen-bond donors (Lipinski definition) is 3. The van der Waals surface area contributed by atoms with E-state index in [4.69, 9.17) is 0 Å². The molecule has 3 N–H and O–H groups in total. The minimum Gasteiger partial charge on any atom is -0.352 e. The van der Waals surface area contributed by atoms with Crippen molar-refractivity contribution in [3.05, 3.63) is 77.1 Å². The van der Waals surface area contributed by atoms with Gasteiger partial charge < -0.3 is 20.5 Å². The van der Waals surface area contributed by atoms with Crippen LogP contribution in [0, 0.1) is 0 Å². The summed E-state index contributed by atoms with van der Waals surface area (Å²) in [7, 11) is 1.69. The highest BCUT2D eigenvalue weighted by atomic mass is 16.1. The number of carbonyl (C=O) groups is 1. The van der Waals surface area contributed by atoms with Gasteiger partial charge in [-0.15, -0.1) is 0 Å². The molecular formula is C22H21N7O2. The molecule has 0 bridgehead atoms. The number of carbonyl (C=O) groups excluding carboxylic acids is 1. The molecule has 3 heterocycles. The average Bonchev–Trinajstić information content (AvgIpc) is 2.77. The Morgan fingerprint density at radius 1 is 1.06 bits per heavy atom. The molecule has 4 aromatic rings. The van der Waals surface area contributed by atoms with Gasteiger partial charge in [0.2, 0.25) is 0 Å². The number of aromatic nitrogens is 4. The number of fused-ring (bicyclic) bond motifs is 1. The fourth-order valence-electron chi connectivity index (χ4n) is 3.11. The smallest absolute Gasteiger partial charge is 0.261 e. The van der Waals surface area contributed by atoms with Crippen molar-refractivity contribution in [2.45, 2.75) is 6.92 Å². The highest BCUT2D eigenvalue weighted by molar-refractivity contribution is 5.96. The number of benzene rings is 1. The molecule has 31 heavy (non-hydrogen) atoms. The molecule has 0 aliphatic heterocycles. The predicted molar refractivity (Wildman–Crippen MR) is 120 cm³/mol. The minimum absolute atomic E-state index is 0.137. The van der Waals surface area contributed by atoms with E-state index in [-0.39, 0.29) is 11.5 Å². The van der Waals surface area contributed by atoms with Gasteiger partial charge in [-0.1, -0.05) is 0 Å². The first-order valence-corrected chi connectivity index (χ1v) is 9.74. The first-order chi connectivity index (χ1) is 15.0. The zero-order valence-corrected chi connectivity index (χ0v) is 17.1. The molecule has 1 aromatic carbocycles. The Labute approximate surface area is 178 Å². The quantitative estimate of drug-likeness (QED) is 0.444. The third-order valence-corrected chi connectivity index (χ3v) is 4.63. The fourth-order valence-corrected chi connectivity index (χ4v) is 3.11. The number of rotatable bonds is 6. The first-order valence-electron chi connectivity index (χ1n) is 9.74. The summed E-state index contributed by atoms with van der Waals surface area (Å²) in [5.41, 5.74) is 1.08. The SMILES string of the molecule is CCNC(=O)c1ccc(Nc2nc(Nc3cnccn3)cc3ccn(C)c(=O)c23)cc1. The van der Waals surface area contributed by atoms with Crippen LogP contribution in [0.1, 0.15) is 17.3 Å². The van der Waals surface area contributed by atoms with Crippen molar-refractivity contribution in [2.24, 2.45) is 7.05 Å². The van der Waals surface area contributed by atoms with Gasteiger partial charge in [0.25, 0.3) is 11.5 Å². The molecule has 0 aliphatic rings. The van der Waals surface area contributed by atoms with E-state index in [0.29, 0.717) is 40.6 Å². The van der Waals surface area contributed by atoms with Crippen molar-refractivity contribution in [2.75, 3.05) is 17.2 Å². The van der Waals surface area contributed by atoms with Crippen LogP contribution in [0.15, 0.2) is 66.0 Å². The molecule has 0 spiro atoms. The topological polar surface area (TPSA) is 114 Å². The molecule has 9 nitrogen and oxygen atoms in total. The molecule has 1 amide bonds. The maximum Gasteiger partial charge on any atom is 0.261 e. The third-order valence-electron chi connectivity index (χ3n) is 4.63. The van der Waals surface area contributed by atoms with E-state index in [9.17, 15) is 9.59 Å². The zero-order valence-electron chi connectivity index (χ0n) is 17.1. The summed E-state index contributed by atoms with van der Waals surface area (Å²) in [4.78, 5) is 37.6. The number of anilines is 4. The van der Waals surface area contributed by atoms with Crippen LogP contribution in [-0.4, -0.2) is 32.0 Å². The van der Waals surface area contributed by atoms with Gasteiger partial charge >= 0.3 is 0 Å². The van der Waals surface area contributed by atoms with E-state index in [1.54, 1.807) is 62.2 Å². The van der Waals surface area contributed by atoms with Crippen LogP contribution in [0.5, 0.6) is 0 Å². The summed E-state index contributed by atoms with van der Waals surface area (Å²) in [5, 5.41) is 10.3. The summed E-state index contributed by atoms with van der Waals surface area (Å²) in [5.74, 6) is 1.32. The van der Waals surface area contributed by atoms with Crippen molar-refractivity contribution in [1.29, 1.82) is 0 Å². The second-order valence-electron chi connectivity index (χ2n) is 6.83. The standard InChI is InChI=1S/C22H21N7O2/c1-3-24-21(30)14-4-6-16(7-5-14)26-20-19-15(8-11-29(2)22(19)31)12-17(28-20)27-18-13-23-9-10-25-18/h4-13H,3H2,1-2H3,(H,24,30)(H2,25,26,27,28). The van der Waals surface area contributed by atoms with Crippen molar-refractivity contribution >= 4 is 39.8 Å². The van der Waals surface area contributed by atoms with Crippen molar-refractivity contribution in [3.8, 4) is 0 Å². The summed E-state index contributed by atoms with van der Waals surface area (Å²) >= 11 is 0. The second kappa shape index (κ2) is 8.62. The molecular weight excluding hydrogens is 394 g/mol. The molecule has 0 atom stereocenters. The van der Waals surface area contributed by atoms with Gasteiger partial charge in [-0.2, -0.15) is 0 Å². The van der Waals surface area contributed by atoms with E-state index in [2.05, 4.69) is 30.9 Å². The van der Waals surface area contributed by atoms with Crippen LogP contribution in [-0.2, 0) is 7.05 Å². The predicted octanol–water partition coefficient (Wildman–Crippen LogP) is 2.96. The maximum absolute atomic E-state index is 12.8. The van der Waals surface area contributed by atoms with Gasteiger partial charge in [0, 0.05) is 43.4 Å². The molecule has 0 radical (unpaired) electrons. The highest BCUT2D eigenvalue weighted by Crippen LogP contribution is 2.26. The molecule has 0 saturated carbocycles. The Kier molecular flexibility index (Phi) is 5.57. The van der Waals surface area contributed by atoms with E-state index in [1.807, 2.05) is 13.0 Å². The molecule has 9 heteroatoms. The van der Waals surface area contributed by atoms with Crippen molar-refractivity contribution in [3.63, 3.8) is 0 Å². The van der Waals surface area contributed by atoms with E-state index < -0.39 is 0 Å². The lowest BCUT2D eigenvalue weighted by Crippen LogP contribution is -2.22. The Bertz CT molecular complexity index is 1290. The lowest BCUT2D eigenvalue weighted by molar-refractivity contribution is 0.0956. The molecule has 0 aliphatic carbocycles. The number of aryl methyl sites for hydroxylation is 1. The monoisotopic (exact) mass is 415 g/mol. The van der Waals surface area contributed by atoms with E-state index >= 15 is 0 Å². The number of nitrogens with one attached hydrogen (secondary N) is 3. The van der Waals surface area contributed by atoms with Gasteiger partial charge in [0.05, 0.1) is 11.6 Å². The van der Waals surface area contributed by atoms with E-state index in [1.165, 1.54) is 4.57 Å². The summed E-state index contributed by atoms with van der Waals surface area (Å²) in [6.45, 7) is 2.43. The third kappa shape index (κ3) is 4.35. The lowest BCUT2D eigenvalue weighted by atomic mass is 10.1. The lowest BCUT2D eigenvalue weighted by Gasteiger charge is -2.13. The maximum atomic E-state index is 12.8. The van der Waals surface area contributed by atoms with Gasteiger partial charge in [-0.05, 0) is 48.7 Å². The van der Waals surface area contributed by atoms with Gasteiger partial charge in [0.15, 0.2) is 0 Å². The number of nitrogens with zero attached hydrogens (tertiary/aromatic N) is 4. The molecule has 0 saturated heterocycles. The van der Waals surface area contributed by atoms with Crippen LogP contribution in [0.2, 0.25) is 0 Å². The second-order valence-corrected chi connectivity index (χ2v) is 6.83. The molecule has 0 unspecified atom stereocenters. The van der Waals surface area contributed by atoms with Crippen LogP contribution in [0.4, 0.5) is 23.1 Å². The van der Waals surface area contributed by atoms with Crippen molar-refractivity contribution in [1.82, 2.24) is 24.8 Å². The van der Waals surface area contributed by atoms with E-state index in [0.717, 1.165) is 5.39 Å². The Morgan fingerprint density at radius 3 is 2.58 bits per heavy atom. The Balaban J connectivity index is 1.73. The summed E-state index contributed by atoms with van der Waals surface area (Å²) in [6, 6.07) is 10.6. The van der Waals surface area contributed by atoms with Gasteiger partial charge in [-0.3, -0.25) is 14.6 Å².